The summed E-state index contributed by atoms with van der Waals surface area (Å²) in [6.07, 6.45) is 1.16. The molecule has 0 unspecified atom stereocenters. The Hall–Kier alpha value is -1.44. The third-order valence-corrected chi connectivity index (χ3v) is 11.6. The van der Waals surface area contributed by atoms with Gasteiger partial charge in [0.25, 0.3) is 0 Å². The number of sulfonamides is 1. The molecule has 163 valence electrons. The summed E-state index contributed by atoms with van der Waals surface area (Å²) in [5.41, 5.74) is 2.19. The number of rotatable bonds is 8. The molecule has 0 spiro atoms. The molecule has 1 radical (unpaired) electrons. The predicted molar refractivity (Wildman–Crippen MR) is 130 cm³/mol. The predicted octanol–water partition coefficient (Wildman–Crippen LogP) is 4.03. The van der Waals surface area contributed by atoms with E-state index in [2.05, 4.69) is 4.72 Å². The normalized spacial score (nSPS) is 12.4. The first-order valence-electron chi connectivity index (χ1n) is 9.06. The summed E-state index contributed by atoms with van der Waals surface area (Å²) < 4.78 is 52.7. The number of benzene rings is 3. The summed E-state index contributed by atoms with van der Waals surface area (Å²) >= 11 is 6.46. The molecule has 31 heavy (non-hydrogen) atoms. The summed E-state index contributed by atoms with van der Waals surface area (Å²) in [5.74, 6) is 0.600. The zero-order valence-electron chi connectivity index (χ0n) is 16.7. The van der Waals surface area contributed by atoms with Crippen molar-refractivity contribution in [3.05, 3.63) is 82.9 Å². The van der Waals surface area contributed by atoms with Crippen LogP contribution in [0.5, 0.6) is 0 Å². The fourth-order valence-electron chi connectivity index (χ4n) is 2.64. The van der Waals surface area contributed by atoms with Crippen LogP contribution in [-0.2, 0) is 23.9 Å². The van der Waals surface area contributed by atoms with Gasteiger partial charge < -0.3 is 0 Å². The zero-order chi connectivity index (χ0) is 22.6. The van der Waals surface area contributed by atoms with E-state index in [1.54, 1.807) is 30.3 Å². The van der Waals surface area contributed by atoms with E-state index >= 15 is 0 Å². The number of anilines is 1. The summed E-state index contributed by atoms with van der Waals surface area (Å²) in [6.45, 7) is 1.87. The molecule has 0 aliphatic carbocycles. The summed E-state index contributed by atoms with van der Waals surface area (Å²) in [6, 6.07) is 19.2. The Morgan fingerprint density at radius 1 is 0.968 bits per heavy atom. The van der Waals surface area contributed by atoms with Crippen LogP contribution in [0.2, 0.25) is 5.02 Å². The van der Waals surface area contributed by atoms with Gasteiger partial charge in [0.2, 0.25) is 0 Å². The Morgan fingerprint density at radius 2 is 1.65 bits per heavy atom. The first-order chi connectivity index (χ1) is 14.5. The molecule has 1 N–H and O–H groups in total. The van der Waals surface area contributed by atoms with Gasteiger partial charge >= 0.3 is 199 Å². The van der Waals surface area contributed by atoms with E-state index in [9.17, 15) is 16.8 Å². The number of nitrogens with one attached hydrogen (secondary N) is 1. The molecule has 3 aromatic rings. The van der Waals surface area contributed by atoms with Gasteiger partial charge in [-0.25, -0.2) is 0 Å². The van der Waals surface area contributed by atoms with Crippen molar-refractivity contribution in [2.24, 2.45) is 0 Å². The van der Waals surface area contributed by atoms with E-state index in [-0.39, 0.29) is 10.6 Å². The van der Waals surface area contributed by atoms with Crippen LogP contribution in [0.4, 0.5) is 5.69 Å². The molecule has 0 aliphatic heterocycles. The monoisotopic (exact) mass is 556 g/mol. The fraction of sp³-hybridized carbons (Fsp3) is 0.143. The van der Waals surface area contributed by atoms with E-state index in [0.717, 1.165) is 22.3 Å². The average molecular weight is 557 g/mol. The number of hydrogen-bond donors (Lipinski definition) is 1. The molecule has 0 saturated heterocycles. The van der Waals surface area contributed by atoms with Crippen LogP contribution in [0, 0.1) is 6.92 Å². The van der Waals surface area contributed by atoms with Crippen LogP contribution in [0.1, 0.15) is 11.1 Å². The molecule has 0 aromatic heterocycles. The minimum absolute atomic E-state index is 0.119. The van der Waals surface area contributed by atoms with Gasteiger partial charge in [-0.05, 0) is 0 Å². The summed E-state index contributed by atoms with van der Waals surface area (Å²) in [7, 11) is -7.12. The van der Waals surface area contributed by atoms with Gasteiger partial charge in [0.05, 0.1) is 0 Å². The van der Waals surface area contributed by atoms with Crippen molar-refractivity contribution in [2.45, 2.75) is 22.5 Å². The molecule has 0 saturated carbocycles. The van der Waals surface area contributed by atoms with Gasteiger partial charge in [-0.15, -0.1) is 0 Å². The van der Waals surface area contributed by atoms with Crippen LogP contribution in [0.25, 0.3) is 0 Å². The molecule has 0 aliphatic rings. The molecule has 0 heterocycles. The van der Waals surface area contributed by atoms with Crippen molar-refractivity contribution >= 4 is 66.1 Å². The maximum atomic E-state index is 12.9. The Bertz CT molecular complexity index is 1290. The Kier molecular flexibility index (Phi) is 7.81. The quantitative estimate of drug-likeness (QED) is 0.335. The standard InChI is InChI=1S/C21H20AsClNO4S3/c1-15-7-10-18(11-8-15)31(27,28)24-21-13-17(9-12-19(21)22-30(2,25)26)29-14-16-5-3-4-6-20(16)23/h3-13,24H,14H2,1-2H3. The molecule has 5 nitrogen and oxygen atoms in total. The van der Waals surface area contributed by atoms with E-state index in [4.69, 9.17) is 11.6 Å². The van der Waals surface area contributed by atoms with Gasteiger partial charge in [0, 0.05) is 0 Å². The number of aryl methyl sites for hydroxylation is 1. The van der Waals surface area contributed by atoms with Crippen LogP contribution < -0.4 is 9.07 Å². The third kappa shape index (κ3) is 7.02. The van der Waals surface area contributed by atoms with Crippen molar-refractivity contribution in [1.82, 2.24) is 0 Å². The Labute approximate surface area is 198 Å². The third-order valence-electron chi connectivity index (χ3n) is 4.16. The first kappa shape index (κ1) is 24.2. The van der Waals surface area contributed by atoms with E-state index in [1.165, 1.54) is 23.9 Å². The topological polar surface area (TPSA) is 80.3 Å². The minimum atomic E-state index is -3.86. The molecule has 0 amide bonds. The van der Waals surface area contributed by atoms with Crippen molar-refractivity contribution in [1.29, 1.82) is 0 Å². The molecule has 10 heteroatoms. The second-order valence-electron chi connectivity index (χ2n) is 6.80. The number of halogens is 1. The maximum absolute atomic E-state index is 12.9. The van der Waals surface area contributed by atoms with E-state index in [1.807, 2.05) is 31.2 Å². The molecular weight excluding hydrogens is 537 g/mol. The second kappa shape index (κ2) is 10.0. The number of thioether (sulfide) groups is 1. The molecule has 0 atom stereocenters. The SMILES string of the molecule is Cc1ccc(S(=O)(=O)Nc2cc(SCc3ccccc3Cl)ccc2[As]S(C)(=O)=O)cc1. The van der Waals surface area contributed by atoms with Crippen molar-refractivity contribution in [2.75, 3.05) is 11.0 Å². The molecular formula is C21H20AsClNO4S3. The molecule has 0 bridgehead atoms. The zero-order valence-corrected chi connectivity index (χ0v) is 21.8. The van der Waals surface area contributed by atoms with Crippen LogP contribution in [0.15, 0.2) is 76.5 Å². The van der Waals surface area contributed by atoms with Crippen LogP contribution in [0.3, 0.4) is 0 Å². The van der Waals surface area contributed by atoms with Gasteiger partial charge in [-0.3, -0.25) is 0 Å². The Morgan fingerprint density at radius 3 is 2.29 bits per heavy atom. The van der Waals surface area contributed by atoms with Crippen molar-refractivity contribution < 1.29 is 16.8 Å². The van der Waals surface area contributed by atoms with Crippen molar-refractivity contribution in [3.8, 4) is 0 Å². The molecule has 0 fully saturated rings. The van der Waals surface area contributed by atoms with Crippen LogP contribution >= 0.6 is 23.4 Å². The summed E-state index contributed by atoms with van der Waals surface area (Å²) in [5, 5.41) is 0.661. The van der Waals surface area contributed by atoms with Crippen LogP contribution in [-0.4, -0.2) is 37.7 Å². The fourth-order valence-corrected chi connectivity index (χ4v) is 9.28. The van der Waals surface area contributed by atoms with Gasteiger partial charge in [-0.1, -0.05) is 0 Å². The Balaban J connectivity index is 1.92. The molecule has 3 aromatic carbocycles. The second-order valence-corrected chi connectivity index (χ2v) is 17.9. The van der Waals surface area contributed by atoms with Gasteiger partial charge in [0.15, 0.2) is 0 Å². The summed E-state index contributed by atoms with van der Waals surface area (Å²) in [4.78, 5) is 0.925. The van der Waals surface area contributed by atoms with E-state index < -0.39 is 32.7 Å². The average Bonchev–Trinajstić information content (AvgIpc) is 2.68. The van der Waals surface area contributed by atoms with E-state index in [0.29, 0.717) is 15.1 Å². The van der Waals surface area contributed by atoms with Gasteiger partial charge in [0.1, 0.15) is 0 Å². The van der Waals surface area contributed by atoms with Crippen molar-refractivity contribution in [3.63, 3.8) is 0 Å². The number of hydrogen-bond acceptors (Lipinski definition) is 5. The van der Waals surface area contributed by atoms with Gasteiger partial charge in [-0.2, -0.15) is 0 Å². The first-order valence-corrected chi connectivity index (χ1v) is 17.0. The molecule has 3 rings (SSSR count).